The third-order valence-electron chi connectivity index (χ3n) is 5.86. The van der Waals surface area contributed by atoms with Crippen molar-refractivity contribution in [1.82, 2.24) is 15.2 Å². The first kappa shape index (κ1) is 21.2. The second-order valence-corrected chi connectivity index (χ2v) is 10.1. The summed E-state index contributed by atoms with van der Waals surface area (Å²) in [6.45, 7) is 6.40. The number of hydrogen-bond donors (Lipinski definition) is 2. The number of piperidine rings is 1. The van der Waals surface area contributed by atoms with Gasteiger partial charge in [0.15, 0.2) is 0 Å². The van der Waals surface area contributed by atoms with Crippen molar-refractivity contribution in [3.05, 3.63) is 35.9 Å². The molecule has 2 heterocycles. The molecule has 0 aliphatic carbocycles. The molecule has 0 aromatic heterocycles. The zero-order valence-electron chi connectivity index (χ0n) is 16.8. The summed E-state index contributed by atoms with van der Waals surface area (Å²) in [4.78, 5) is 13.0. The fourth-order valence-corrected chi connectivity index (χ4v) is 6.83. The van der Waals surface area contributed by atoms with Gasteiger partial charge in [-0.05, 0) is 45.6 Å². The van der Waals surface area contributed by atoms with Gasteiger partial charge in [-0.3, -0.25) is 15.6 Å². The van der Waals surface area contributed by atoms with Crippen LogP contribution >= 0.6 is 0 Å². The molecule has 2 N–H and O–H groups in total. The Kier molecular flexibility index (Phi) is 6.44. The number of nitrogens with one attached hydrogen (secondary N) is 2. The van der Waals surface area contributed by atoms with Crippen LogP contribution in [0.2, 0.25) is 0 Å². The van der Waals surface area contributed by atoms with Crippen molar-refractivity contribution in [2.75, 3.05) is 19.7 Å². The van der Waals surface area contributed by atoms with E-state index < -0.39 is 20.7 Å². The van der Waals surface area contributed by atoms with Crippen molar-refractivity contribution in [2.45, 2.75) is 57.4 Å². The average Bonchev–Trinajstić information content (AvgIpc) is 3.02. The minimum absolute atomic E-state index is 0.166. The zero-order chi connectivity index (χ0) is 20.4. The van der Waals surface area contributed by atoms with Crippen LogP contribution in [0.5, 0.6) is 0 Å². The summed E-state index contributed by atoms with van der Waals surface area (Å²) in [5.74, 6) is -0.303. The number of hydrazine groups is 1. The largest absolute Gasteiger partial charge is 0.466 e. The summed E-state index contributed by atoms with van der Waals surface area (Å²) >= 11 is 0. The lowest BCUT2D eigenvalue weighted by Crippen LogP contribution is -2.55. The van der Waals surface area contributed by atoms with Crippen molar-refractivity contribution in [1.29, 1.82) is 0 Å². The van der Waals surface area contributed by atoms with Gasteiger partial charge in [-0.15, -0.1) is 0 Å². The van der Waals surface area contributed by atoms with Crippen molar-refractivity contribution in [2.24, 2.45) is 5.41 Å². The molecule has 1 aromatic rings. The number of rotatable bonds is 6. The average molecular weight is 410 g/mol. The quantitative estimate of drug-likeness (QED) is 0.692. The normalized spacial score (nSPS) is 31.6. The van der Waals surface area contributed by atoms with Gasteiger partial charge in [0.1, 0.15) is 5.25 Å². The number of carbonyl (C=O) groups is 1. The minimum Gasteiger partial charge on any atom is -0.466 e. The highest BCUT2D eigenvalue weighted by Gasteiger charge is 2.50. The van der Waals surface area contributed by atoms with Crippen LogP contribution < -0.4 is 10.9 Å². The van der Waals surface area contributed by atoms with Crippen molar-refractivity contribution >= 4 is 16.0 Å². The van der Waals surface area contributed by atoms with E-state index in [1.54, 1.807) is 6.92 Å². The van der Waals surface area contributed by atoms with Gasteiger partial charge in [0.25, 0.3) is 0 Å². The standard InChI is InChI=1S/C20H31N3O4S/c1-4-27-19(24)20(13-17-9-6-5-7-10-17)11-8-12-23(14-20)28(25,26)18-15(2)21-22-16(18)3/h5-7,9-10,15-16,18,21-22H,4,8,11-14H2,1-3H3. The van der Waals surface area contributed by atoms with E-state index in [0.717, 1.165) is 5.56 Å². The highest BCUT2D eigenvalue weighted by Crippen LogP contribution is 2.37. The van der Waals surface area contributed by atoms with Crippen LogP contribution in [-0.2, 0) is 26.0 Å². The molecule has 2 fully saturated rings. The lowest BCUT2D eigenvalue weighted by Gasteiger charge is -2.41. The smallest absolute Gasteiger partial charge is 0.313 e. The van der Waals surface area contributed by atoms with Crippen molar-refractivity contribution < 1.29 is 17.9 Å². The van der Waals surface area contributed by atoms with Crippen molar-refractivity contribution in [3.63, 3.8) is 0 Å². The van der Waals surface area contributed by atoms with E-state index in [9.17, 15) is 13.2 Å². The van der Waals surface area contributed by atoms with Gasteiger partial charge in [-0.25, -0.2) is 12.7 Å². The fourth-order valence-electron chi connectivity index (χ4n) is 4.51. The summed E-state index contributed by atoms with van der Waals surface area (Å²) in [5.41, 5.74) is 6.20. The zero-order valence-corrected chi connectivity index (χ0v) is 17.7. The molecule has 3 unspecified atom stereocenters. The molecule has 0 saturated carbocycles. The molecular formula is C20H31N3O4S. The molecular weight excluding hydrogens is 378 g/mol. The van der Waals surface area contributed by atoms with E-state index in [0.29, 0.717) is 25.8 Å². The van der Waals surface area contributed by atoms with Crippen molar-refractivity contribution in [3.8, 4) is 0 Å². The second kappa shape index (κ2) is 8.49. The van der Waals surface area contributed by atoms with E-state index in [4.69, 9.17) is 4.74 Å². The van der Waals surface area contributed by atoms with Crippen LogP contribution in [0.3, 0.4) is 0 Å². The maximum atomic E-state index is 13.4. The second-order valence-electron chi connectivity index (χ2n) is 7.98. The molecule has 3 rings (SSSR count). The van der Waals surface area contributed by atoms with E-state index in [1.165, 1.54) is 4.31 Å². The molecule has 0 radical (unpaired) electrons. The van der Waals surface area contributed by atoms with Crippen LogP contribution in [-0.4, -0.2) is 55.7 Å². The molecule has 2 saturated heterocycles. The Balaban J connectivity index is 1.90. The molecule has 0 amide bonds. The lowest BCUT2D eigenvalue weighted by atomic mass is 9.75. The van der Waals surface area contributed by atoms with Gasteiger partial charge in [-0.2, -0.15) is 0 Å². The van der Waals surface area contributed by atoms with E-state index in [1.807, 2.05) is 44.2 Å². The Bertz CT molecular complexity index is 776. The predicted octanol–water partition coefficient (Wildman–Crippen LogP) is 1.46. The Hall–Kier alpha value is -1.48. The van der Waals surface area contributed by atoms with E-state index in [-0.39, 0.29) is 31.2 Å². The number of esters is 1. The highest BCUT2D eigenvalue weighted by atomic mass is 32.2. The monoisotopic (exact) mass is 409 g/mol. The third-order valence-corrected chi connectivity index (χ3v) is 8.40. The maximum absolute atomic E-state index is 13.4. The number of hydrogen-bond acceptors (Lipinski definition) is 6. The van der Waals surface area contributed by atoms with Gasteiger partial charge < -0.3 is 4.74 Å². The fraction of sp³-hybridized carbons (Fsp3) is 0.650. The van der Waals surface area contributed by atoms with E-state index >= 15 is 0 Å². The van der Waals surface area contributed by atoms with Gasteiger partial charge in [0.2, 0.25) is 10.0 Å². The predicted molar refractivity (Wildman–Crippen MR) is 108 cm³/mol. The van der Waals surface area contributed by atoms with Crippen LogP contribution in [0.1, 0.15) is 39.2 Å². The SMILES string of the molecule is CCOC(=O)C1(Cc2ccccc2)CCCN(S(=O)(=O)C2C(C)NNC2C)C1. The molecule has 2 aliphatic heterocycles. The van der Waals surface area contributed by atoms with E-state index in [2.05, 4.69) is 10.9 Å². The molecule has 7 nitrogen and oxygen atoms in total. The van der Waals surface area contributed by atoms with Crippen LogP contribution in [0.4, 0.5) is 0 Å². The summed E-state index contributed by atoms with van der Waals surface area (Å²) in [7, 11) is -3.57. The maximum Gasteiger partial charge on any atom is 0.313 e. The summed E-state index contributed by atoms with van der Waals surface area (Å²) in [5, 5.41) is -0.567. The molecule has 8 heteroatoms. The molecule has 2 aliphatic rings. The number of ether oxygens (including phenoxy) is 1. The number of nitrogens with zero attached hydrogens (tertiary/aromatic N) is 1. The van der Waals surface area contributed by atoms with Gasteiger partial charge >= 0.3 is 5.97 Å². The van der Waals surface area contributed by atoms with Crippen LogP contribution in [0.25, 0.3) is 0 Å². The molecule has 1 aromatic carbocycles. The minimum atomic E-state index is -3.57. The Morgan fingerprint density at radius 1 is 1.21 bits per heavy atom. The third kappa shape index (κ3) is 4.10. The van der Waals surface area contributed by atoms with Gasteiger partial charge in [0, 0.05) is 25.2 Å². The first-order valence-corrected chi connectivity index (χ1v) is 11.5. The van der Waals surface area contributed by atoms with Crippen LogP contribution in [0.15, 0.2) is 30.3 Å². The van der Waals surface area contributed by atoms with Crippen LogP contribution in [0, 0.1) is 5.41 Å². The lowest BCUT2D eigenvalue weighted by molar-refractivity contribution is -0.157. The molecule has 28 heavy (non-hydrogen) atoms. The summed E-state index contributed by atoms with van der Waals surface area (Å²) in [6, 6.07) is 9.35. The first-order valence-electron chi connectivity index (χ1n) is 10.0. The molecule has 3 atom stereocenters. The Labute approximate surface area is 167 Å². The van der Waals surface area contributed by atoms with Gasteiger partial charge in [0.05, 0.1) is 12.0 Å². The molecule has 0 spiro atoms. The molecule has 156 valence electrons. The summed E-state index contributed by atoms with van der Waals surface area (Å²) in [6.07, 6.45) is 1.74. The Morgan fingerprint density at radius 3 is 2.46 bits per heavy atom. The number of benzene rings is 1. The summed E-state index contributed by atoms with van der Waals surface area (Å²) < 4.78 is 33.8. The topological polar surface area (TPSA) is 87.7 Å². The highest BCUT2D eigenvalue weighted by molar-refractivity contribution is 7.89. The Morgan fingerprint density at radius 2 is 1.86 bits per heavy atom. The number of carbonyl (C=O) groups excluding carboxylic acids is 1. The molecule has 0 bridgehead atoms. The van der Waals surface area contributed by atoms with Gasteiger partial charge in [-0.1, -0.05) is 30.3 Å². The number of sulfonamides is 1. The first-order chi connectivity index (χ1) is 13.3.